The van der Waals surface area contributed by atoms with Crippen molar-refractivity contribution in [3.05, 3.63) is 102 Å². The molecule has 0 bridgehead atoms. The van der Waals surface area contributed by atoms with Gasteiger partial charge in [-0.3, -0.25) is 30.2 Å². The average molecular weight is 582 g/mol. The summed E-state index contributed by atoms with van der Waals surface area (Å²) in [7, 11) is 4.20. The molecule has 0 aromatic heterocycles. The van der Waals surface area contributed by atoms with Crippen molar-refractivity contribution in [2.24, 2.45) is 0 Å². The minimum atomic E-state index is -1.37. The van der Waals surface area contributed by atoms with Gasteiger partial charge in [-0.1, -0.05) is 0 Å². The number of benzene rings is 2. The van der Waals surface area contributed by atoms with E-state index in [1.54, 1.807) is 0 Å². The molecule has 2 aromatic rings. The number of rotatable bonds is 8. The fraction of sp³-hybridized carbons (Fsp3) is 0.231. The van der Waals surface area contributed by atoms with Gasteiger partial charge in [-0.2, -0.15) is 0 Å². The lowest BCUT2D eigenvalue weighted by Crippen LogP contribution is -2.39. The van der Waals surface area contributed by atoms with Crippen molar-refractivity contribution in [2.45, 2.75) is 12.1 Å². The number of nitro groups is 2. The maximum Gasteiger partial charge on any atom is 0.356 e. The standard InChI is InChI=1S/C26H22N4O12/c1-39-23(31)17-19(13-5-9-15(10-6-13)29(35)36)27-22(26(34)42-4)18(24(32)40-2)20(28(27)21(17)25(33)41-3)14-7-11-16(12-8-14)30(37)38/h5-12,19-20H,1-4H3. The molecule has 2 unspecified atom stereocenters. The third kappa shape index (κ3) is 4.63. The van der Waals surface area contributed by atoms with E-state index in [0.717, 1.165) is 62.7 Å². The van der Waals surface area contributed by atoms with Gasteiger partial charge in [0.05, 0.1) is 49.4 Å². The zero-order chi connectivity index (χ0) is 30.9. The van der Waals surface area contributed by atoms with Gasteiger partial charge in [-0.25, -0.2) is 19.2 Å². The fourth-order valence-electron chi connectivity index (χ4n) is 4.88. The van der Waals surface area contributed by atoms with Crippen LogP contribution in [0.5, 0.6) is 0 Å². The van der Waals surface area contributed by atoms with E-state index in [1.807, 2.05) is 0 Å². The predicted molar refractivity (Wildman–Crippen MR) is 137 cm³/mol. The van der Waals surface area contributed by atoms with Crippen LogP contribution in [0.3, 0.4) is 0 Å². The Labute approximate surface area is 236 Å². The van der Waals surface area contributed by atoms with Crippen LogP contribution >= 0.6 is 0 Å². The number of nitrogens with zero attached hydrogens (tertiary/aromatic N) is 4. The maximum atomic E-state index is 13.3. The van der Waals surface area contributed by atoms with Gasteiger partial charge in [0.15, 0.2) is 11.4 Å². The van der Waals surface area contributed by atoms with E-state index in [9.17, 15) is 39.4 Å². The molecule has 4 rings (SSSR count). The molecule has 42 heavy (non-hydrogen) atoms. The second-order valence-electron chi connectivity index (χ2n) is 8.68. The molecule has 2 aliphatic heterocycles. The lowest BCUT2D eigenvalue weighted by Gasteiger charge is -2.35. The maximum absolute atomic E-state index is 13.3. The summed E-state index contributed by atoms with van der Waals surface area (Å²) in [5.41, 5.74) is -1.72. The van der Waals surface area contributed by atoms with Crippen molar-refractivity contribution >= 4 is 35.3 Å². The minimum Gasteiger partial charge on any atom is -0.466 e. The molecule has 0 fully saturated rings. The Bertz CT molecular complexity index is 1440. The Morgan fingerprint density at radius 2 is 0.857 bits per heavy atom. The molecule has 0 amide bonds. The number of fused-ring (bicyclic) bond motifs is 1. The molecule has 0 N–H and O–H groups in total. The van der Waals surface area contributed by atoms with Gasteiger partial charge in [0.1, 0.15) is 12.1 Å². The highest BCUT2D eigenvalue weighted by molar-refractivity contribution is 6.06. The third-order valence-corrected chi connectivity index (χ3v) is 6.64. The number of methoxy groups -OCH3 is 4. The highest BCUT2D eigenvalue weighted by Crippen LogP contribution is 2.54. The highest BCUT2D eigenvalue weighted by Gasteiger charge is 2.58. The van der Waals surface area contributed by atoms with Crippen LogP contribution in [0.1, 0.15) is 23.2 Å². The van der Waals surface area contributed by atoms with Crippen molar-refractivity contribution in [1.82, 2.24) is 10.0 Å². The Balaban J connectivity index is 2.11. The Kier molecular flexibility index (Phi) is 7.90. The molecule has 2 atom stereocenters. The lowest BCUT2D eigenvalue weighted by molar-refractivity contribution is -0.385. The van der Waals surface area contributed by atoms with Crippen LogP contribution in [0.15, 0.2) is 71.1 Å². The van der Waals surface area contributed by atoms with Crippen LogP contribution in [0, 0.1) is 20.2 Å². The number of hydrazine groups is 1. The molecule has 0 saturated heterocycles. The molecule has 0 radical (unpaired) electrons. The van der Waals surface area contributed by atoms with Crippen molar-refractivity contribution in [1.29, 1.82) is 0 Å². The van der Waals surface area contributed by atoms with Crippen LogP contribution < -0.4 is 0 Å². The van der Waals surface area contributed by atoms with Crippen LogP contribution in [0.4, 0.5) is 11.4 Å². The summed E-state index contributed by atoms with van der Waals surface area (Å²) >= 11 is 0. The number of hydrogen-bond donors (Lipinski definition) is 0. The number of ether oxygens (including phenoxy) is 4. The summed E-state index contributed by atoms with van der Waals surface area (Å²) in [6.45, 7) is 0. The molecule has 0 aliphatic carbocycles. The number of carbonyl (C=O) groups is 4. The van der Waals surface area contributed by atoms with Gasteiger partial charge in [-0.15, -0.1) is 0 Å². The first-order valence-electron chi connectivity index (χ1n) is 11.9. The van der Waals surface area contributed by atoms with Crippen molar-refractivity contribution in [2.75, 3.05) is 28.4 Å². The number of hydrogen-bond acceptors (Lipinski definition) is 14. The van der Waals surface area contributed by atoms with E-state index in [-0.39, 0.29) is 33.6 Å². The zero-order valence-electron chi connectivity index (χ0n) is 22.5. The number of carbonyl (C=O) groups excluding carboxylic acids is 4. The third-order valence-electron chi connectivity index (χ3n) is 6.64. The van der Waals surface area contributed by atoms with Gasteiger partial charge >= 0.3 is 23.9 Å². The largest absolute Gasteiger partial charge is 0.466 e. The van der Waals surface area contributed by atoms with Gasteiger partial charge in [0.25, 0.3) is 11.4 Å². The van der Waals surface area contributed by atoms with Crippen molar-refractivity contribution in [3.8, 4) is 0 Å². The van der Waals surface area contributed by atoms with E-state index >= 15 is 0 Å². The molecule has 16 heteroatoms. The Hall–Kier alpha value is -5.80. The second kappa shape index (κ2) is 11.4. The Morgan fingerprint density at radius 1 is 0.571 bits per heavy atom. The smallest absolute Gasteiger partial charge is 0.356 e. The summed E-state index contributed by atoms with van der Waals surface area (Å²) in [5.74, 6) is -4.15. The summed E-state index contributed by atoms with van der Waals surface area (Å²) < 4.78 is 19.9. The average Bonchev–Trinajstić information content (AvgIpc) is 3.52. The Morgan fingerprint density at radius 3 is 1.10 bits per heavy atom. The van der Waals surface area contributed by atoms with Gasteiger partial charge in [0, 0.05) is 24.3 Å². The van der Waals surface area contributed by atoms with Gasteiger partial charge < -0.3 is 18.9 Å². The molecular weight excluding hydrogens is 560 g/mol. The molecule has 0 spiro atoms. The van der Waals surface area contributed by atoms with E-state index in [4.69, 9.17) is 18.9 Å². The summed E-state index contributed by atoms with van der Waals surface area (Å²) in [4.78, 5) is 74.5. The van der Waals surface area contributed by atoms with Gasteiger partial charge in [-0.05, 0) is 35.4 Å². The van der Waals surface area contributed by atoms with E-state index in [2.05, 4.69) is 0 Å². The first-order chi connectivity index (χ1) is 20.0. The summed E-state index contributed by atoms with van der Waals surface area (Å²) in [5, 5.41) is 24.9. The molecular formula is C26H22N4O12. The molecule has 2 heterocycles. The molecule has 2 aromatic carbocycles. The van der Waals surface area contributed by atoms with E-state index in [1.165, 1.54) is 24.3 Å². The zero-order valence-corrected chi connectivity index (χ0v) is 22.5. The van der Waals surface area contributed by atoms with Crippen LogP contribution in [0.2, 0.25) is 0 Å². The normalized spacial score (nSPS) is 17.5. The number of nitro benzene ring substituents is 2. The topological polar surface area (TPSA) is 198 Å². The van der Waals surface area contributed by atoms with Crippen LogP contribution in [-0.4, -0.2) is 72.2 Å². The van der Waals surface area contributed by atoms with Crippen molar-refractivity contribution < 1.29 is 48.0 Å². The quantitative estimate of drug-likeness (QED) is 0.189. The molecule has 16 nitrogen and oxygen atoms in total. The molecule has 2 aliphatic rings. The predicted octanol–water partition coefficient (Wildman–Crippen LogP) is 2.03. The minimum absolute atomic E-state index is 0.180. The first kappa shape index (κ1) is 29.2. The molecule has 0 saturated carbocycles. The van der Waals surface area contributed by atoms with Gasteiger partial charge in [0.2, 0.25) is 0 Å². The highest BCUT2D eigenvalue weighted by atomic mass is 16.6. The summed E-state index contributed by atoms with van der Waals surface area (Å²) in [6, 6.07) is 7.06. The monoisotopic (exact) mass is 582 g/mol. The van der Waals surface area contributed by atoms with Crippen LogP contribution in [-0.2, 0) is 38.1 Å². The number of non-ortho nitro benzene ring substituents is 2. The fourth-order valence-corrected chi connectivity index (χ4v) is 4.88. The number of esters is 4. The molecule has 218 valence electrons. The van der Waals surface area contributed by atoms with Crippen molar-refractivity contribution in [3.63, 3.8) is 0 Å². The SMILES string of the molecule is COC(=O)C1=C(C(=O)OC)N2C(c3ccc([N+](=O)[O-])cc3)C(C(=O)OC)=C(C(=O)OC)N2C1c1ccc([N+](=O)[O-])cc1. The second-order valence-corrected chi connectivity index (χ2v) is 8.68. The lowest BCUT2D eigenvalue weighted by atomic mass is 9.93. The van der Waals surface area contributed by atoms with E-state index < -0.39 is 57.2 Å². The first-order valence-corrected chi connectivity index (χ1v) is 11.9. The van der Waals surface area contributed by atoms with E-state index in [0.29, 0.717) is 0 Å². The summed E-state index contributed by atoms with van der Waals surface area (Å²) in [6.07, 6.45) is 0. The van der Waals surface area contributed by atoms with Crippen LogP contribution in [0.25, 0.3) is 0 Å².